The van der Waals surface area contributed by atoms with Crippen molar-refractivity contribution in [2.24, 2.45) is 5.73 Å². The summed E-state index contributed by atoms with van der Waals surface area (Å²) >= 11 is 3.34. The molecule has 1 aromatic heterocycles. The highest BCUT2D eigenvalue weighted by molar-refractivity contribution is 9.10. The van der Waals surface area contributed by atoms with Crippen LogP contribution in [-0.4, -0.2) is 10.7 Å². The third-order valence-electron chi connectivity index (χ3n) is 2.70. The molecule has 3 nitrogen and oxygen atoms in total. The maximum absolute atomic E-state index is 6.00. The molecule has 0 amide bonds. The number of rotatable bonds is 3. The van der Waals surface area contributed by atoms with Gasteiger partial charge in [0.05, 0.1) is 5.69 Å². The normalized spacial score (nSPS) is 19.0. The summed E-state index contributed by atoms with van der Waals surface area (Å²) in [6, 6.07) is 0. The topological polar surface area (TPSA) is 52.0 Å². The van der Waals surface area contributed by atoms with E-state index < -0.39 is 0 Å². The molecule has 1 aliphatic carbocycles. The van der Waals surface area contributed by atoms with Crippen LogP contribution in [0.4, 0.5) is 0 Å². The van der Waals surface area contributed by atoms with Gasteiger partial charge in [-0.15, -0.1) is 0 Å². The number of aryl methyl sites for hydroxylation is 1. The second kappa shape index (κ2) is 3.10. The first kappa shape index (κ1) is 9.21. The first-order chi connectivity index (χ1) is 6.11. The van der Waals surface area contributed by atoms with Crippen molar-refractivity contribution in [3.63, 3.8) is 0 Å². The quantitative estimate of drug-likeness (QED) is 0.887. The largest absolute Gasteiger partial charge is 0.349 e. The van der Waals surface area contributed by atoms with Gasteiger partial charge >= 0.3 is 0 Å². The number of aromatic nitrogens is 1. The van der Waals surface area contributed by atoms with Gasteiger partial charge in [-0.25, -0.2) is 0 Å². The molecule has 1 saturated carbocycles. The maximum Gasteiger partial charge on any atom is 0.205 e. The summed E-state index contributed by atoms with van der Waals surface area (Å²) in [4.78, 5) is 0. The monoisotopic (exact) mass is 244 g/mol. The number of hydrogen-bond donors (Lipinski definition) is 1. The van der Waals surface area contributed by atoms with E-state index >= 15 is 0 Å². The zero-order valence-electron chi connectivity index (χ0n) is 7.64. The third-order valence-corrected chi connectivity index (χ3v) is 3.33. The highest BCUT2D eigenvalue weighted by Crippen LogP contribution is 2.37. The van der Waals surface area contributed by atoms with E-state index in [9.17, 15) is 0 Å². The van der Waals surface area contributed by atoms with E-state index in [1.807, 2.05) is 6.92 Å². The van der Waals surface area contributed by atoms with Crippen LogP contribution in [0.1, 0.15) is 30.5 Å². The van der Waals surface area contributed by atoms with Crippen molar-refractivity contribution in [2.75, 3.05) is 0 Å². The van der Waals surface area contributed by atoms with Crippen molar-refractivity contribution in [3.05, 3.63) is 15.9 Å². The Labute approximate surface area is 85.8 Å². The Bertz CT molecular complexity index is 298. The van der Waals surface area contributed by atoms with E-state index in [0.29, 0.717) is 0 Å². The third kappa shape index (κ3) is 1.94. The lowest BCUT2D eigenvalue weighted by molar-refractivity contribution is 0.394. The van der Waals surface area contributed by atoms with Crippen LogP contribution in [0.2, 0.25) is 0 Å². The fraction of sp³-hybridized carbons (Fsp3) is 0.667. The smallest absolute Gasteiger partial charge is 0.205 e. The molecule has 1 aliphatic rings. The molecule has 2 rings (SSSR count). The molecule has 0 spiro atoms. The van der Waals surface area contributed by atoms with Crippen LogP contribution in [0.15, 0.2) is 9.19 Å². The molecular weight excluding hydrogens is 232 g/mol. The molecule has 1 heterocycles. The molecule has 1 fully saturated rings. The van der Waals surface area contributed by atoms with E-state index in [1.54, 1.807) is 0 Å². The Morgan fingerprint density at radius 3 is 2.77 bits per heavy atom. The first-order valence-corrected chi connectivity index (χ1v) is 5.30. The van der Waals surface area contributed by atoms with Crippen molar-refractivity contribution in [1.82, 2.24) is 5.16 Å². The van der Waals surface area contributed by atoms with Gasteiger partial charge in [-0.05, 0) is 48.5 Å². The first-order valence-electron chi connectivity index (χ1n) is 4.50. The minimum atomic E-state index is 0.114. The lowest BCUT2D eigenvalue weighted by Crippen LogP contribution is -2.22. The van der Waals surface area contributed by atoms with Gasteiger partial charge in [0.25, 0.3) is 0 Å². The van der Waals surface area contributed by atoms with Gasteiger partial charge in [0.15, 0.2) is 0 Å². The van der Waals surface area contributed by atoms with Gasteiger partial charge < -0.3 is 10.3 Å². The minimum Gasteiger partial charge on any atom is -0.349 e. The molecule has 1 aromatic rings. The van der Waals surface area contributed by atoms with E-state index in [2.05, 4.69) is 21.1 Å². The molecule has 0 unspecified atom stereocenters. The van der Waals surface area contributed by atoms with Gasteiger partial charge in [-0.1, -0.05) is 5.16 Å². The molecule has 0 bridgehead atoms. The summed E-state index contributed by atoms with van der Waals surface area (Å²) in [6.45, 7) is 1.96. The summed E-state index contributed by atoms with van der Waals surface area (Å²) in [7, 11) is 0. The lowest BCUT2D eigenvalue weighted by atomic mass is 10.1. The lowest BCUT2D eigenvalue weighted by Gasteiger charge is -2.06. The summed E-state index contributed by atoms with van der Waals surface area (Å²) in [5.41, 5.74) is 8.24. The molecule has 0 saturated heterocycles. The van der Waals surface area contributed by atoms with Gasteiger partial charge in [0, 0.05) is 11.1 Å². The zero-order valence-corrected chi connectivity index (χ0v) is 9.23. The van der Waals surface area contributed by atoms with Crippen LogP contribution >= 0.6 is 15.9 Å². The predicted molar refractivity (Wildman–Crippen MR) is 53.4 cm³/mol. The summed E-state index contributed by atoms with van der Waals surface area (Å²) < 4.78 is 5.77. The van der Waals surface area contributed by atoms with E-state index in [0.717, 1.165) is 41.6 Å². The van der Waals surface area contributed by atoms with Gasteiger partial charge in [0.1, 0.15) is 0 Å². The maximum atomic E-state index is 6.00. The van der Waals surface area contributed by atoms with Crippen molar-refractivity contribution >= 4 is 15.9 Å². The minimum absolute atomic E-state index is 0.114. The standard InChI is InChI=1S/C9H13BrN2O/c1-6-7(8(10)13-12-6)2-3-9(11)4-5-9/h2-5,11H2,1H3. The highest BCUT2D eigenvalue weighted by atomic mass is 79.9. The predicted octanol–water partition coefficient (Wildman–Crippen LogP) is 2.17. The van der Waals surface area contributed by atoms with Crippen LogP contribution in [0.3, 0.4) is 0 Å². The van der Waals surface area contributed by atoms with Crippen LogP contribution in [0.5, 0.6) is 0 Å². The van der Waals surface area contributed by atoms with E-state index in [4.69, 9.17) is 10.3 Å². The Morgan fingerprint density at radius 2 is 2.31 bits per heavy atom. The summed E-state index contributed by atoms with van der Waals surface area (Å²) in [5.74, 6) is 0. The Morgan fingerprint density at radius 1 is 1.62 bits per heavy atom. The van der Waals surface area contributed by atoms with Crippen molar-refractivity contribution in [1.29, 1.82) is 0 Å². The molecule has 4 heteroatoms. The van der Waals surface area contributed by atoms with Crippen molar-refractivity contribution < 1.29 is 4.52 Å². The molecule has 2 N–H and O–H groups in total. The highest BCUT2D eigenvalue weighted by Gasteiger charge is 2.37. The second-order valence-corrected chi connectivity index (χ2v) is 4.60. The SMILES string of the molecule is Cc1noc(Br)c1CCC1(N)CC1. The molecule has 72 valence electrons. The van der Waals surface area contributed by atoms with Crippen LogP contribution in [-0.2, 0) is 6.42 Å². The van der Waals surface area contributed by atoms with Crippen LogP contribution < -0.4 is 5.73 Å². The molecule has 0 atom stereocenters. The number of hydrogen-bond acceptors (Lipinski definition) is 3. The van der Waals surface area contributed by atoms with Crippen molar-refractivity contribution in [2.45, 2.75) is 38.1 Å². The summed E-state index contributed by atoms with van der Waals surface area (Å²) in [5, 5.41) is 3.87. The van der Waals surface area contributed by atoms with Gasteiger partial charge in [-0.2, -0.15) is 0 Å². The molecule has 0 radical (unpaired) electrons. The Hall–Kier alpha value is -0.350. The van der Waals surface area contributed by atoms with E-state index in [-0.39, 0.29) is 5.54 Å². The number of nitrogens with two attached hydrogens (primary N) is 1. The van der Waals surface area contributed by atoms with Crippen LogP contribution in [0.25, 0.3) is 0 Å². The molecule has 0 aromatic carbocycles. The average Bonchev–Trinajstić information content (AvgIpc) is 2.72. The molecular formula is C9H13BrN2O. The van der Waals surface area contributed by atoms with E-state index in [1.165, 1.54) is 0 Å². The molecule has 13 heavy (non-hydrogen) atoms. The fourth-order valence-electron chi connectivity index (χ4n) is 1.42. The van der Waals surface area contributed by atoms with Crippen LogP contribution in [0, 0.1) is 6.92 Å². The second-order valence-electron chi connectivity index (χ2n) is 3.88. The average molecular weight is 245 g/mol. The fourth-order valence-corrected chi connectivity index (χ4v) is 1.98. The number of halogens is 1. The summed E-state index contributed by atoms with van der Waals surface area (Å²) in [6.07, 6.45) is 4.32. The van der Waals surface area contributed by atoms with Crippen molar-refractivity contribution in [3.8, 4) is 0 Å². The van der Waals surface area contributed by atoms with Gasteiger partial charge in [0.2, 0.25) is 4.67 Å². The molecule has 0 aliphatic heterocycles. The Balaban J connectivity index is 2.00. The zero-order chi connectivity index (χ0) is 9.47. The van der Waals surface area contributed by atoms with Gasteiger partial charge in [-0.3, -0.25) is 0 Å². The number of nitrogens with zero attached hydrogens (tertiary/aromatic N) is 1. The Kier molecular flexibility index (Phi) is 2.20.